The van der Waals surface area contributed by atoms with Crippen LogP contribution in [-0.4, -0.2) is 24.4 Å². The summed E-state index contributed by atoms with van der Waals surface area (Å²) < 4.78 is 25.3. The third-order valence-electron chi connectivity index (χ3n) is 3.58. The van der Waals surface area contributed by atoms with E-state index in [1.165, 1.54) is 0 Å². The van der Waals surface area contributed by atoms with E-state index in [9.17, 15) is 9.36 Å². The molecule has 0 amide bonds. The highest BCUT2D eigenvalue weighted by Crippen LogP contribution is 2.30. The number of carbonyl (C=O) groups is 1. The lowest BCUT2D eigenvalue weighted by Gasteiger charge is -2.14. The largest absolute Gasteiger partial charge is 0.449 e. The molecule has 0 aliphatic heterocycles. The van der Waals surface area contributed by atoms with Gasteiger partial charge in [-0.05, 0) is 39.8 Å². The van der Waals surface area contributed by atoms with Gasteiger partial charge in [-0.25, -0.2) is 4.57 Å². The van der Waals surface area contributed by atoms with Crippen LogP contribution in [0.4, 0.5) is 0 Å². The first kappa shape index (κ1) is 19.2. The molecule has 0 saturated carbocycles. The predicted octanol–water partition coefficient (Wildman–Crippen LogP) is 4.32. The van der Waals surface area contributed by atoms with Crippen molar-refractivity contribution in [1.29, 1.82) is 0 Å². The van der Waals surface area contributed by atoms with E-state index in [4.69, 9.17) is 13.6 Å². The van der Waals surface area contributed by atoms with Gasteiger partial charge in [0.1, 0.15) is 5.76 Å². The number of carbonyl (C=O) groups excluding carboxylic acids is 1. The molecule has 0 fully saturated rings. The van der Waals surface area contributed by atoms with E-state index in [0.717, 1.165) is 36.3 Å². The maximum atomic E-state index is 11.6. The first-order valence-corrected chi connectivity index (χ1v) is 9.47. The molecular formula is C14H23NO5P2. The van der Waals surface area contributed by atoms with Gasteiger partial charge in [0.15, 0.2) is 0 Å². The van der Waals surface area contributed by atoms with Crippen LogP contribution < -0.4 is 0 Å². The molecule has 0 aliphatic rings. The molecule has 6 nitrogen and oxygen atoms in total. The summed E-state index contributed by atoms with van der Waals surface area (Å²) in [4.78, 5) is 11.6. The molecule has 1 rings (SSSR count). The Morgan fingerprint density at radius 2 is 2.14 bits per heavy atom. The van der Waals surface area contributed by atoms with Gasteiger partial charge in [0.25, 0.3) is 0 Å². The topological polar surface area (TPSA) is 78.6 Å². The minimum Gasteiger partial charge on any atom is -0.449 e. The van der Waals surface area contributed by atoms with Gasteiger partial charge in [-0.3, -0.25) is 9.32 Å². The maximum Gasteiger partial charge on any atom is 0.327 e. The van der Waals surface area contributed by atoms with Crippen LogP contribution in [0.2, 0.25) is 0 Å². The Balaban J connectivity index is 2.58. The summed E-state index contributed by atoms with van der Waals surface area (Å²) in [5.41, 5.74) is 1.97. The molecule has 0 radical (unpaired) electrons. The number of hydrogen-bond donors (Lipinski definition) is 0. The van der Waals surface area contributed by atoms with Crippen molar-refractivity contribution in [3.63, 3.8) is 0 Å². The average Bonchev–Trinajstić information content (AvgIpc) is 2.82. The van der Waals surface area contributed by atoms with Gasteiger partial charge in [0, 0.05) is 17.9 Å². The number of hydrogen-bond acceptors (Lipinski definition) is 6. The quantitative estimate of drug-likeness (QED) is 0.438. The second-order valence-corrected chi connectivity index (χ2v) is 6.09. The Morgan fingerprint density at radius 3 is 2.73 bits per heavy atom. The second kappa shape index (κ2) is 10.8. The normalized spacial score (nSPS) is 13.0. The van der Waals surface area contributed by atoms with Gasteiger partial charge >= 0.3 is 14.7 Å². The molecule has 0 N–H and O–H groups in total. The summed E-state index contributed by atoms with van der Waals surface area (Å²) in [5, 5.41) is 4.15. The summed E-state index contributed by atoms with van der Waals surface area (Å²) in [6.45, 7) is 6.17. The van der Waals surface area contributed by atoms with Crippen LogP contribution in [0.5, 0.6) is 0 Å². The summed E-state index contributed by atoms with van der Waals surface area (Å²) in [5.74, 6) is 0.804. The molecule has 2 atom stereocenters. The number of nitrogens with zero attached hydrogens (tertiary/aromatic N) is 1. The lowest BCUT2D eigenvalue weighted by Crippen LogP contribution is -2.06. The highest BCUT2D eigenvalue weighted by molar-refractivity contribution is 7.31. The highest BCUT2D eigenvalue weighted by atomic mass is 31.1. The van der Waals surface area contributed by atoms with Crippen molar-refractivity contribution in [2.24, 2.45) is 0 Å². The number of rotatable bonds is 11. The van der Waals surface area contributed by atoms with Crippen molar-refractivity contribution >= 4 is 23.5 Å². The first-order chi connectivity index (χ1) is 10.6. The van der Waals surface area contributed by atoms with Gasteiger partial charge in [0.2, 0.25) is 0 Å². The van der Waals surface area contributed by atoms with E-state index < -0.39 is 0 Å². The number of aromatic nitrogens is 1. The molecule has 22 heavy (non-hydrogen) atoms. The van der Waals surface area contributed by atoms with Gasteiger partial charge in [-0.2, -0.15) is 0 Å². The smallest absolute Gasteiger partial charge is 0.327 e. The fourth-order valence-corrected chi connectivity index (χ4v) is 2.82. The van der Waals surface area contributed by atoms with E-state index in [2.05, 4.69) is 5.16 Å². The van der Waals surface area contributed by atoms with Crippen molar-refractivity contribution in [2.75, 3.05) is 13.3 Å². The summed E-state index contributed by atoms with van der Waals surface area (Å²) in [6, 6.07) is 0. The van der Waals surface area contributed by atoms with Crippen molar-refractivity contribution < 1.29 is 22.9 Å². The monoisotopic (exact) mass is 347 g/mol. The fraction of sp³-hybridized carbons (Fsp3) is 0.714. The molecule has 8 heteroatoms. The molecule has 1 aromatic heterocycles. The summed E-state index contributed by atoms with van der Waals surface area (Å²) in [6.07, 6.45) is 3.69. The Bertz CT molecular complexity index is 478. The van der Waals surface area contributed by atoms with Crippen LogP contribution in [-0.2, 0) is 18.4 Å². The van der Waals surface area contributed by atoms with Crippen LogP contribution in [0.3, 0.4) is 0 Å². The van der Waals surface area contributed by atoms with E-state index in [0.29, 0.717) is 19.4 Å². The van der Waals surface area contributed by atoms with Crippen molar-refractivity contribution in [3.8, 4) is 0 Å². The van der Waals surface area contributed by atoms with E-state index in [1.54, 1.807) is 0 Å². The summed E-state index contributed by atoms with van der Waals surface area (Å²) in [7, 11) is -0.0995. The molecule has 0 aromatic carbocycles. The minimum atomic E-state index is -0.279. The van der Waals surface area contributed by atoms with Crippen LogP contribution in [0.1, 0.15) is 55.0 Å². The molecular weight excluding hydrogens is 324 g/mol. The Morgan fingerprint density at radius 1 is 1.36 bits per heavy atom. The molecule has 0 saturated heterocycles. The van der Waals surface area contributed by atoms with Crippen LogP contribution >= 0.6 is 17.5 Å². The molecule has 1 heterocycles. The van der Waals surface area contributed by atoms with Crippen LogP contribution in [0, 0.1) is 13.8 Å². The zero-order chi connectivity index (χ0) is 16.4. The zero-order valence-corrected chi connectivity index (χ0v) is 15.2. The molecule has 2 unspecified atom stereocenters. The molecule has 124 valence electrons. The molecule has 0 spiro atoms. The highest BCUT2D eigenvalue weighted by Gasteiger charge is 2.20. The lowest BCUT2D eigenvalue weighted by molar-refractivity contribution is -0.133. The number of unbranched alkanes of at least 4 members (excludes halogenated alkanes) is 1. The molecule has 0 aliphatic carbocycles. The zero-order valence-electron chi connectivity index (χ0n) is 13.3. The second-order valence-electron chi connectivity index (χ2n) is 5.07. The Hall–Kier alpha value is -0.830. The Kier molecular flexibility index (Phi) is 9.45. The van der Waals surface area contributed by atoms with Gasteiger partial charge in [-0.15, -0.1) is 0 Å². The third-order valence-corrected chi connectivity index (χ3v) is 4.30. The van der Waals surface area contributed by atoms with E-state index in [-0.39, 0.29) is 29.4 Å². The average molecular weight is 347 g/mol. The minimum absolute atomic E-state index is 0.162. The van der Waals surface area contributed by atoms with Crippen LogP contribution in [0.25, 0.3) is 0 Å². The van der Waals surface area contributed by atoms with Crippen molar-refractivity contribution in [1.82, 2.24) is 5.16 Å². The number of aryl methyl sites for hydroxylation is 1. The van der Waals surface area contributed by atoms with E-state index in [1.807, 2.05) is 20.5 Å². The Labute approximate surface area is 134 Å². The van der Waals surface area contributed by atoms with Gasteiger partial charge in [-0.1, -0.05) is 11.6 Å². The molecule has 1 aromatic rings. The van der Waals surface area contributed by atoms with Crippen molar-refractivity contribution in [3.05, 3.63) is 17.0 Å². The third kappa shape index (κ3) is 6.51. The lowest BCUT2D eigenvalue weighted by atomic mass is 9.91. The predicted molar refractivity (Wildman–Crippen MR) is 85.7 cm³/mol. The van der Waals surface area contributed by atoms with Crippen molar-refractivity contribution in [2.45, 2.75) is 51.9 Å². The van der Waals surface area contributed by atoms with Crippen LogP contribution in [0.15, 0.2) is 4.52 Å². The standard InChI is InChI=1S/C14H23NO5P2/c1-10-11(2)19-15-14(10)12(6-4-5-9-18-22-17)7-8-13(16)20-21-3/h12,21H,4-9H2,1-3H3. The first-order valence-electron chi connectivity index (χ1n) is 7.34. The fourth-order valence-electron chi connectivity index (χ4n) is 2.28. The van der Waals surface area contributed by atoms with Gasteiger partial charge < -0.3 is 9.05 Å². The van der Waals surface area contributed by atoms with E-state index >= 15 is 0 Å². The maximum absolute atomic E-state index is 11.6. The molecule has 0 bridgehead atoms. The van der Waals surface area contributed by atoms with Gasteiger partial charge in [0.05, 0.1) is 21.1 Å². The summed E-state index contributed by atoms with van der Waals surface area (Å²) >= 11 is 0. The SMILES string of the molecule is CPOC(=O)CCC(CCCCOP=O)c1noc(C)c1C.